The highest BCUT2D eigenvalue weighted by Gasteiger charge is 2.32. The molecule has 0 aliphatic heterocycles. The van der Waals surface area contributed by atoms with Crippen molar-refractivity contribution in [1.82, 2.24) is 5.32 Å². The van der Waals surface area contributed by atoms with Crippen LogP contribution in [0.25, 0.3) is 0 Å². The van der Waals surface area contributed by atoms with E-state index in [-0.39, 0.29) is 0 Å². The van der Waals surface area contributed by atoms with Gasteiger partial charge < -0.3 is 10.1 Å². The van der Waals surface area contributed by atoms with E-state index in [0.717, 1.165) is 30.9 Å². The molecule has 0 saturated heterocycles. The molecule has 2 aliphatic rings. The van der Waals surface area contributed by atoms with E-state index < -0.39 is 0 Å². The second-order valence-electron chi connectivity index (χ2n) is 6.22. The highest BCUT2D eigenvalue weighted by atomic mass is 16.5. The summed E-state index contributed by atoms with van der Waals surface area (Å²) in [6, 6.07) is 0.620. The van der Waals surface area contributed by atoms with E-state index in [1.165, 1.54) is 32.1 Å². The van der Waals surface area contributed by atoms with E-state index in [1.54, 1.807) is 0 Å². The fourth-order valence-electron chi connectivity index (χ4n) is 3.01. The zero-order valence-corrected chi connectivity index (χ0v) is 11.7. The molecule has 100 valence electrons. The quantitative estimate of drug-likeness (QED) is 0.768. The summed E-state index contributed by atoms with van der Waals surface area (Å²) < 4.78 is 6.16. The normalized spacial score (nSPS) is 35.8. The van der Waals surface area contributed by atoms with E-state index >= 15 is 0 Å². The largest absolute Gasteiger partial charge is 0.377 e. The maximum atomic E-state index is 6.16. The summed E-state index contributed by atoms with van der Waals surface area (Å²) >= 11 is 0. The molecule has 0 aromatic rings. The molecule has 0 amide bonds. The Hall–Kier alpha value is -0.0800. The standard InChI is InChI=1S/C15H29NO/c1-4-16-15(13-6-7-13)10-17-14-8-5-11(2)12(3)9-14/h11-16H,4-10H2,1-3H3. The molecule has 0 spiro atoms. The fourth-order valence-corrected chi connectivity index (χ4v) is 3.01. The molecule has 2 nitrogen and oxygen atoms in total. The van der Waals surface area contributed by atoms with Gasteiger partial charge in [0.05, 0.1) is 12.7 Å². The van der Waals surface area contributed by atoms with Gasteiger partial charge in [0.25, 0.3) is 0 Å². The van der Waals surface area contributed by atoms with Crippen LogP contribution in [0.15, 0.2) is 0 Å². The number of likely N-dealkylation sites (N-methyl/N-ethyl adjacent to an activating group) is 1. The Balaban J connectivity index is 1.69. The van der Waals surface area contributed by atoms with Crippen LogP contribution in [0.2, 0.25) is 0 Å². The van der Waals surface area contributed by atoms with Crippen molar-refractivity contribution in [1.29, 1.82) is 0 Å². The van der Waals surface area contributed by atoms with Gasteiger partial charge in [0.2, 0.25) is 0 Å². The van der Waals surface area contributed by atoms with Crippen molar-refractivity contribution in [2.24, 2.45) is 17.8 Å². The smallest absolute Gasteiger partial charge is 0.0626 e. The van der Waals surface area contributed by atoms with Crippen LogP contribution in [0.1, 0.15) is 52.9 Å². The predicted octanol–water partition coefficient (Wildman–Crippen LogP) is 3.22. The predicted molar refractivity (Wildman–Crippen MR) is 72.1 cm³/mol. The van der Waals surface area contributed by atoms with Crippen molar-refractivity contribution in [3.8, 4) is 0 Å². The Morgan fingerprint density at radius 2 is 1.88 bits per heavy atom. The maximum absolute atomic E-state index is 6.16. The third-order valence-corrected chi connectivity index (χ3v) is 4.72. The molecule has 0 heterocycles. The van der Waals surface area contributed by atoms with Crippen LogP contribution in [0, 0.1) is 17.8 Å². The summed E-state index contributed by atoms with van der Waals surface area (Å²) in [6.07, 6.45) is 7.22. The molecule has 0 bridgehead atoms. The van der Waals surface area contributed by atoms with Crippen LogP contribution in [0.4, 0.5) is 0 Å². The van der Waals surface area contributed by atoms with Gasteiger partial charge in [0.1, 0.15) is 0 Å². The summed E-state index contributed by atoms with van der Waals surface area (Å²) in [5.41, 5.74) is 0. The molecule has 0 aromatic heterocycles. The van der Waals surface area contributed by atoms with Gasteiger partial charge in [-0.15, -0.1) is 0 Å². The Kier molecular flexibility index (Phi) is 4.87. The van der Waals surface area contributed by atoms with E-state index in [2.05, 4.69) is 26.1 Å². The van der Waals surface area contributed by atoms with Crippen molar-refractivity contribution >= 4 is 0 Å². The number of hydrogen-bond acceptors (Lipinski definition) is 2. The number of nitrogens with one attached hydrogen (secondary N) is 1. The zero-order valence-electron chi connectivity index (χ0n) is 11.7. The van der Waals surface area contributed by atoms with Crippen LogP contribution in [-0.2, 0) is 4.74 Å². The van der Waals surface area contributed by atoms with Gasteiger partial charge in [0, 0.05) is 6.04 Å². The zero-order chi connectivity index (χ0) is 12.3. The summed E-state index contributed by atoms with van der Waals surface area (Å²) in [5.74, 6) is 2.63. The van der Waals surface area contributed by atoms with Gasteiger partial charge in [-0.25, -0.2) is 0 Å². The van der Waals surface area contributed by atoms with Crippen LogP contribution < -0.4 is 5.32 Å². The minimum atomic E-state index is 0.529. The molecule has 4 atom stereocenters. The van der Waals surface area contributed by atoms with Crippen molar-refractivity contribution < 1.29 is 4.74 Å². The Morgan fingerprint density at radius 1 is 1.12 bits per heavy atom. The van der Waals surface area contributed by atoms with Gasteiger partial charge in [-0.3, -0.25) is 0 Å². The maximum Gasteiger partial charge on any atom is 0.0626 e. The first-order valence-corrected chi connectivity index (χ1v) is 7.55. The van der Waals surface area contributed by atoms with Gasteiger partial charge in [-0.05, 0) is 56.4 Å². The van der Waals surface area contributed by atoms with Gasteiger partial charge >= 0.3 is 0 Å². The molecule has 0 radical (unpaired) electrons. The number of ether oxygens (including phenoxy) is 1. The molecule has 1 N–H and O–H groups in total. The third-order valence-electron chi connectivity index (χ3n) is 4.72. The summed E-state index contributed by atoms with van der Waals surface area (Å²) in [4.78, 5) is 0. The minimum Gasteiger partial charge on any atom is -0.377 e. The second kappa shape index (κ2) is 6.19. The van der Waals surface area contributed by atoms with E-state index in [9.17, 15) is 0 Å². The summed E-state index contributed by atoms with van der Waals surface area (Å²) in [6.45, 7) is 8.96. The molecule has 2 heteroatoms. The molecule has 2 aliphatic carbocycles. The van der Waals surface area contributed by atoms with Crippen LogP contribution >= 0.6 is 0 Å². The van der Waals surface area contributed by atoms with Gasteiger partial charge in [-0.2, -0.15) is 0 Å². The van der Waals surface area contributed by atoms with Gasteiger partial charge in [-0.1, -0.05) is 20.8 Å². The first-order chi connectivity index (χ1) is 8.20. The van der Waals surface area contributed by atoms with Crippen LogP contribution in [0.3, 0.4) is 0 Å². The third kappa shape index (κ3) is 3.96. The first kappa shape index (κ1) is 13.4. The lowest BCUT2D eigenvalue weighted by Crippen LogP contribution is -2.38. The van der Waals surface area contributed by atoms with E-state index in [1.807, 2.05) is 0 Å². The Bertz CT molecular complexity index is 227. The van der Waals surface area contributed by atoms with Crippen LogP contribution in [-0.4, -0.2) is 25.3 Å². The lowest BCUT2D eigenvalue weighted by atomic mass is 9.80. The lowest BCUT2D eigenvalue weighted by molar-refractivity contribution is -0.00951. The molecule has 2 saturated carbocycles. The average molecular weight is 239 g/mol. The highest BCUT2D eigenvalue weighted by molar-refractivity contribution is 4.86. The summed E-state index contributed by atoms with van der Waals surface area (Å²) in [5, 5.41) is 3.58. The molecular formula is C15H29NO. The van der Waals surface area contributed by atoms with E-state index in [0.29, 0.717) is 12.1 Å². The Labute approximate surface area is 107 Å². The molecule has 2 fully saturated rings. The molecule has 0 aromatic carbocycles. The molecular weight excluding hydrogens is 210 g/mol. The van der Waals surface area contributed by atoms with E-state index in [4.69, 9.17) is 4.74 Å². The molecule has 4 unspecified atom stereocenters. The van der Waals surface area contributed by atoms with Crippen LogP contribution in [0.5, 0.6) is 0 Å². The average Bonchev–Trinajstić information content (AvgIpc) is 3.13. The van der Waals surface area contributed by atoms with Gasteiger partial charge in [0.15, 0.2) is 0 Å². The summed E-state index contributed by atoms with van der Waals surface area (Å²) in [7, 11) is 0. The Morgan fingerprint density at radius 3 is 2.47 bits per heavy atom. The second-order valence-corrected chi connectivity index (χ2v) is 6.22. The minimum absolute atomic E-state index is 0.529. The van der Waals surface area contributed by atoms with Crippen molar-refractivity contribution in [2.75, 3.05) is 13.2 Å². The van der Waals surface area contributed by atoms with Crippen molar-refractivity contribution in [3.63, 3.8) is 0 Å². The topological polar surface area (TPSA) is 21.3 Å². The SMILES string of the molecule is CCNC(COC1CCC(C)C(C)C1)C1CC1. The highest BCUT2D eigenvalue weighted by Crippen LogP contribution is 2.34. The monoisotopic (exact) mass is 239 g/mol. The molecule has 17 heavy (non-hydrogen) atoms. The fraction of sp³-hybridized carbons (Fsp3) is 1.00. The number of hydrogen-bond donors (Lipinski definition) is 1. The lowest BCUT2D eigenvalue weighted by Gasteiger charge is -2.33. The molecule has 2 rings (SSSR count). The number of rotatable bonds is 6. The van der Waals surface area contributed by atoms with Crippen molar-refractivity contribution in [3.05, 3.63) is 0 Å². The van der Waals surface area contributed by atoms with Crippen molar-refractivity contribution in [2.45, 2.75) is 65.0 Å². The first-order valence-electron chi connectivity index (χ1n) is 7.55.